The number of benzene rings is 1. The van der Waals surface area contributed by atoms with E-state index in [-0.39, 0.29) is 16.8 Å². The number of rotatable bonds is 4. The Bertz CT molecular complexity index is 1110. The van der Waals surface area contributed by atoms with Gasteiger partial charge in [-0.05, 0) is 82.2 Å². The molecule has 170 valence electrons. The normalized spacial score (nSPS) is 18.2. The quantitative estimate of drug-likeness (QED) is 0.584. The van der Waals surface area contributed by atoms with Crippen molar-refractivity contribution < 1.29 is 5.11 Å². The van der Waals surface area contributed by atoms with E-state index in [0.717, 1.165) is 35.1 Å². The first-order valence-electron chi connectivity index (χ1n) is 11.4. The van der Waals surface area contributed by atoms with Crippen LogP contribution in [0.5, 0.6) is 5.75 Å². The highest BCUT2D eigenvalue weighted by Gasteiger charge is 2.39. The molecule has 1 saturated heterocycles. The summed E-state index contributed by atoms with van der Waals surface area (Å²) in [7, 11) is 2.09. The summed E-state index contributed by atoms with van der Waals surface area (Å²) in [5, 5.41) is 25.3. The summed E-state index contributed by atoms with van der Waals surface area (Å²) in [6.45, 7) is 13.2. The lowest BCUT2D eigenvalue weighted by atomic mass is 9.79. The third kappa shape index (κ3) is 4.56. The Morgan fingerprint density at radius 2 is 1.69 bits per heavy atom. The number of aromatic hydroxyl groups is 1. The molecular formula is C26H35N5O. The Morgan fingerprint density at radius 3 is 2.28 bits per heavy atom. The van der Waals surface area contributed by atoms with Crippen LogP contribution in [0.3, 0.4) is 0 Å². The third-order valence-corrected chi connectivity index (χ3v) is 6.45. The van der Waals surface area contributed by atoms with Crippen molar-refractivity contribution in [2.24, 2.45) is 0 Å². The molecule has 0 spiro atoms. The molecule has 6 heteroatoms. The molecule has 1 fully saturated rings. The molecule has 0 atom stereocenters. The fraction of sp³-hybridized carbons (Fsp3) is 0.500. The van der Waals surface area contributed by atoms with Gasteiger partial charge in [-0.25, -0.2) is 0 Å². The van der Waals surface area contributed by atoms with Gasteiger partial charge < -0.3 is 15.3 Å². The molecule has 0 unspecified atom stereocenters. The number of phenolic OH excluding ortho intramolecular Hbond substituents is 1. The van der Waals surface area contributed by atoms with Gasteiger partial charge in [-0.2, -0.15) is 0 Å². The Labute approximate surface area is 191 Å². The van der Waals surface area contributed by atoms with Crippen molar-refractivity contribution in [2.75, 3.05) is 11.9 Å². The maximum absolute atomic E-state index is 10.7. The minimum absolute atomic E-state index is 0.0639. The zero-order valence-electron chi connectivity index (χ0n) is 20.3. The van der Waals surface area contributed by atoms with Crippen molar-refractivity contribution in [2.45, 2.75) is 77.4 Å². The Hall–Kier alpha value is -2.73. The predicted octanol–water partition coefficient (Wildman–Crippen LogP) is 5.27. The monoisotopic (exact) mass is 433 g/mol. The number of nitrogens with zero attached hydrogens (tertiary/aromatic N) is 4. The first kappa shape index (κ1) is 22.5. The summed E-state index contributed by atoms with van der Waals surface area (Å²) < 4.78 is 0. The second kappa shape index (κ2) is 8.00. The summed E-state index contributed by atoms with van der Waals surface area (Å²) in [5.41, 5.74) is 2.46. The summed E-state index contributed by atoms with van der Waals surface area (Å²) in [4.78, 5) is 6.79. The van der Waals surface area contributed by atoms with Crippen LogP contribution in [0.1, 0.15) is 66.0 Å². The standard InChI is InChI=1S/C26H35N5O/c1-16(2)22-11-17-12-23(32)20(10-18(17)15-27-22)21-8-9-24(29-28-21)31(7)19-13-25(3,4)30-26(5,6)14-19/h8-12,15-16,19,30,32H,13-14H2,1-7H3. The molecule has 2 aromatic heterocycles. The van der Waals surface area contributed by atoms with E-state index >= 15 is 0 Å². The largest absolute Gasteiger partial charge is 0.507 e. The molecule has 4 rings (SSSR count). The fourth-order valence-corrected chi connectivity index (χ4v) is 5.11. The smallest absolute Gasteiger partial charge is 0.151 e. The highest BCUT2D eigenvalue weighted by molar-refractivity contribution is 5.89. The van der Waals surface area contributed by atoms with Crippen LogP contribution in [0.4, 0.5) is 5.82 Å². The predicted molar refractivity (Wildman–Crippen MR) is 131 cm³/mol. The second-order valence-corrected chi connectivity index (χ2v) is 10.8. The highest BCUT2D eigenvalue weighted by Crippen LogP contribution is 2.35. The minimum atomic E-state index is 0.0639. The lowest BCUT2D eigenvalue weighted by Crippen LogP contribution is -2.62. The molecule has 0 aliphatic carbocycles. The number of fused-ring (bicyclic) bond motifs is 1. The average Bonchev–Trinajstić information content (AvgIpc) is 2.70. The number of pyridine rings is 1. The minimum Gasteiger partial charge on any atom is -0.507 e. The maximum Gasteiger partial charge on any atom is 0.151 e. The van der Waals surface area contributed by atoms with Crippen LogP contribution in [0.2, 0.25) is 0 Å². The van der Waals surface area contributed by atoms with Crippen LogP contribution in [0.25, 0.3) is 22.0 Å². The van der Waals surface area contributed by atoms with Gasteiger partial charge in [-0.15, -0.1) is 10.2 Å². The molecule has 1 aromatic carbocycles. The summed E-state index contributed by atoms with van der Waals surface area (Å²) in [6, 6.07) is 10.1. The molecule has 3 heterocycles. The lowest BCUT2D eigenvalue weighted by Gasteiger charge is -2.49. The van der Waals surface area contributed by atoms with Crippen LogP contribution in [-0.4, -0.2) is 44.5 Å². The first-order valence-corrected chi connectivity index (χ1v) is 11.4. The van der Waals surface area contributed by atoms with E-state index in [4.69, 9.17) is 0 Å². The molecule has 1 aliphatic heterocycles. The number of nitrogens with one attached hydrogen (secondary N) is 1. The molecule has 0 amide bonds. The van der Waals surface area contributed by atoms with Crippen molar-refractivity contribution in [1.29, 1.82) is 0 Å². The zero-order chi connectivity index (χ0) is 23.3. The summed E-state index contributed by atoms with van der Waals surface area (Å²) in [5.74, 6) is 1.39. The van der Waals surface area contributed by atoms with E-state index in [1.165, 1.54) is 0 Å². The number of piperidine rings is 1. The zero-order valence-corrected chi connectivity index (χ0v) is 20.3. The molecule has 6 nitrogen and oxygen atoms in total. The van der Waals surface area contributed by atoms with Crippen molar-refractivity contribution in [3.8, 4) is 17.0 Å². The number of aromatic nitrogens is 3. The molecule has 0 bridgehead atoms. The van der Waals surface area contributed by atoms with Gasteiger partial charge in [0.05, 0.1) is 5.69 Å². The highest BCUT2D eigenvalue weighted by atomic mass is 16.3. The third-order valence-electron chi connectivity index (χ3n) is 6.45. The van der Waals surface area contributed by atoms with E-state index in [1.54, 1.807) is 6.07 Å². The van der Waals surface area contributed by atoms with Gasteiger partial charge in [0.25, 0.3) is 0 Å². The van der Waals surface area contributed by atoms with E-state index in [0.29, 0.717) is 23.2 Å². The number of hydrogen-bond acceptors (Lipinski definition) is 6. The molecular weight excluding hydrogens is 398 g/mol. The molecule has 0 radical (unpaired) electrons. The maximum atomic E-state index is 10.7. The fourth-order valence-electron chi connectivity index (χ4n) is 5.11. The topological polar surface area (TPSA) is 74.2 Å². The summed E-state index contributed by atoms with van der Waals surface area (Å²) in [6.07, 6.45) is 3.93. The molecule has 3 aromatic rings. The van der Waals surface area contributed by atoms with E-state index in [9.17, 15) is 5.11 Å². The molecule has 32 heavy (non-hydrogen) atoms. The Kier molecular flexibility index (Phi) is 5.61. The SMILES string of the molecule is CC(C)c1cc2cc(O)c(-c3ccc(N(C)C4CC(C)(C)NC(C)(C)C4)nn3)cc2cn1. The van der Waals surface area contributed by atoms with Crippen LogP contribution < -0.4 is 10.2 Å². The van der Waals surface area contributed by atoms with Crippen LogP contribution in [0.15, 0.2) is 36.5 Å². The van der Waals surface area contributed by atoms with Gasteiger partial charge in [0.2, 0.25) is 0 Å². The summed E-state index contributed by atoms with van der Waals surface area (Å²) >= 11 is 0. The van der Waals surface area contributed by atoms with Crippen molar-refractivity contribution in [1.82, 2.24) is 20.5 Å². The van der Waals surface area contributed by atoms with E-state index in [1.807, 2.05) is 30.5 Å². The van der Waals surface area contributed by atoms with Gasteiger partial charge >= 0.3 is 0 Å². The van der Waals surface area contributed by atoms with E-state index in [2.05, 4.69) is 74.0 Å². The Balaban J connectivity index is 1.60. The molecule has 2 N–H and O–H groups in total. The van der Waals surface area contributed by atoms with Gasteiger partial charge in [0.1, 0.15) is 5.75 Å². The number of anilines is 1. The lowest BCUT2D eigenvalue weighted by molar-refractivity contribution is 0.160. The average molecular weight is 434 g/mol. The van der Waals surface area contributed by atoms with Gasteiger partial charge in [0, 0.05) is 47.0 Å². The molecule has 0 saturated carbocycles. The van der Waals surface area contributed by atoms with Crippen molar-refractivity contribution in [3.05, 3.63) is 42.2 Å². The van der Waals surface area contributed by atoms with Crippen molar-refractivity contribution in [3.63, 3.8) is 0 Å². The van der Waals surface area contributed by atoms with Gasteiger partial charge in [-0.3, -0.25) is 4.98 Å². The molecule has 1 aliphatic rings. The van der Waals surface area contributed by atoms with Crippen LogP contribution >= 0.6 is 0 Å². The van der Waals surface area contributed by atoms with Crippen molar-refractivity contribution >= 4 is 16.6 Å². The second-order valence-electron chi connectivity index (χ2n) is 10.8. The van der Waals surface area contributed by atoms with Gasteiger partial charge in [-0.1, -0.05) is 13.8 Å². The first-order chi connectivity index (χ1) is 14.9. The number of hydrogen-bond donors (Lipinski definition) is 2. The number of phenols is 1. The Morgan fingerprint density at radius 1 is 1.00 bits per heavy atom. The van der Waals surface area contributed by atoms with E-state index < -0.39 is 0 Å². The van der Waals surface area contributed by atoms with Crippen LogP contribution in [0, 0.1) is 0 Å². The van der Waals surface area contributed by atoms with Crippen LogP contribution in [-0.2, 0) is 0 Å². The van der Waals surface area contributed by atoms with Gasteiger partial charge in [0.15, 0.2) is 5.82 Å².